The van der Waals surface area contributed by atoms with Gasteiger partial charge in [-0.2, -0.15) is 0 Å². The number of rotatable bonds is 6. The lowest BCUT2D eigenvalue weighted by atomic mass is 10.3. The largest absolute Gasteiger partial charge is 0.353 e. The number of hydrogen-bond acceptors (Lipinski definition) is 9. The minimum absolute atomic E-state index is 0.139. The van der Waals surface area contributed by atoms with Crippen LogP contribution in [0.25, 0.3) is 0 Å². The fourth-order valence-electron chi connectivity index (χ4n) is 3.17. The Labute approximate surface area is 215 Å². The topological polar surface area (TPSA) is 116 Å². The summed E-state index contributed by atoms with van der Waals surface area (Å²) in [5, 5.41) is 12.6. The van der Waals surface area contributed by atoms with Gasteiger partial charge in [0.25, 0.3) is 10.0 Å². The third kappa shape index (κ3) is 6.04. The Morgan fingerprint density at radius 1 is 1.15 bits per heavy atom. The summed E-state index contributed by atoms with van der Waals surface area (Å²) in [6.45, 7) is 5.04. The van der Waals surface area contributed by atoms with Crippen molar-refractivity contribution in [3.05, 3.63) is 45.4 Å². The highest BCUT2D eigenvalue weighted by Gasteiger charge is 2.21. The first kappa shape index (κ1) is 24.0. The van der Waals surface area contributed by atoms with Gasteiger partial charge < -0.3 is 15.1 Å². The summed E-state index contributed by atoms with van der Waals surface area (Å²) in [6, 6.07) is 8.41. The fraction of sp³-hybridized carbons (Fsp3) is 0.316. The minimum Gasteiger partial charge on any atom is -0.353 e. The molecule has 0 unspecified atom stereocenters. The quantitative estimate of drug-likeness (QED) is 0.243. The maximum atomic E-state index is 12.6. The van der Waals surface area contributed by atoms with Crippen LogP contribution in [0.3, 0.4) is 0 Å². The van der Waals surface area contributed by atoms with Gasteiger partial charge in [0, 0.05) is 37.9 Å². The highest BCUT2D eigenvalue weighted by molar-refractivity contribution is 14.1. The molecule has 0 amide bonds. The fourth-order valence-corrected chi connectivity index (χ4v) is 5.78. The molecule has 2 N–H and O–H groups in total. The molecule has 0 aliphatic carbocycles. The van der Waals surface area contributed by atoms with Crippen LogP contribution in [0.1, 0.15) is 11.9 Å². The van der Waals surface area contributed by atoms with Crippen LogP contribution >= 0.6 is 46.1 Å². The van der Waals surface area contributed by atoms with Crippen LogP contribution in [-0.2, 0) is 16.4 Å². The average molecular weight is 617 g/mol. The third-order valence-corrected chi connectivity index (χ3v) is 8.33. The molecule has 0 saturated carbocycles. The second-order valence-corrected chi connectivity index (χ2v) is 11.3. The Morgan fingerprint density at radius 3 is 2.52 bits per heavy atom. The number of aryl methyl sites for hydroxylation is 1. The molecule has 174 valence electrons. The van der Waals surface area contributed by atoms with E-state index in [1.54, 1.807) is 18.5 Å². The number of hydrogen-bond donors (Lipinski definition) is 2. The summed E-state index contributed by atoms with van der Waals surface area (Å²) in [7, 11) is -3.74. The molecule has 2 aromatic heterocycles. The highest BCUT2D eigenvalue weighted by atomic mass is 127. The summed E-state index contributed by atoms with van der Waals surface area (Å²) >= 11 is 8.96. The van der Waals surface area contributed by atoms with Gasteiger partial charge >= 0.3 is 0 Å². The maximum Gasteiger partial charge on any atom is 0.263 e. The molecule has 14 heteroatoms. The zero-order valence-corrected chi connectivity index (χ0v) is 22.2. The van der Waals surface area contributed by atoms with Crippen LogP contribution in [0.4, 0.5) is 16.6 Å². The summed E-state index contributed by atoms with van der Waals surface area (Å²) in [5.74, 6) is 0.915. The van der Waals surface area contributed by atoms with E-state index in [1.807, 2.05) is 13.0 Å². The molecule has 3 heterocycles. The van der Waals surface area contributed by atoms with E-state index < -0.39 is 10.0 Å². The van der Waals surface area contributed by atoms with E-state index in [1.165, 1.54) is 23.5 Å². The van der Waals surface area contributed by atoms with Crippen molar-refractivity contribution < 1.29 is 8.42 Å². The van der Waals surface area contributed by atoms with Gasteiger partial charge in [0.15, 0.2) is 5.11 Å². The molecule has 1 aliphatic heterocycles. The Balaban J connectivity index is 1.32. The molecule has 1 aromatic carbocycles. The van der Waals surface area contributed by atoms with Crippen molar-refractivity contribution in [1.29, 1.82) is 0 Å². The predicted octanol–water partition coefficient (Wildman–Crippen LogP) is 2.81. The van der Waals surface area contributed by atoms with Gasteiger partial charge in [-0.15, -0.1) is 10.2 Å². The number of nitrogens with one attached hydrogen (secondary N) is 2. The van der Waals surface area contributed by atoms with Crippen LogP contribution in [0.15, 0.2) is 41.6 Å². The number of nitrogens with zero attached hydrogens (tertiary/aromatic N) is 6. The third-order valence-electron chi connectivity index (χ3n) is 4.92. The van der Waals surface area contributed by atoms with Crippen molar-refractivity contribution in [1.82, 2.24) is 25.1 Å². The first-order chi connectivity index (χ1) is 15.8. The second-order valence-electron chi connectivity index (χ2n) is 7.09. The van der Waals surface area contributed by atoms with E-state index in [-0.39, 0.29) is 10.0 Å². The Morgan fingerprint density at radius 2 is 1.88 bits per heavy atom. The van der Waals surface area contributed by atoms with E-state index in [9.17, 15) is 8.42 Å². The van der Waals surface area contributed by atoms with Crippen molar-refractivity contribution in [2.24, 2.45) is 0 Å². The van der Waals surface area contributed by atoms with Gasteiger partial charge in [-0.3, -0.25) is 4.72 Å². The summed E-state index contributed by atoms with van der Waals surface area (Å²) < 4.78 is 28.6. The molecular weight excluding hydrogens is 595 g/mol. The van der Waals surface area contributed by atoms with Gasteiger partial charge in [0.1, 0.15) is 20.9 Å². The maximum absolute atomic E-state index is 12.6. The van der Waals surface area contributed by atoms with Crippen LogP contribution < -0.4 is 14.9 Å². The molecule has 33 heavy (non-hydrogen) atoms. The van der Waals surface area contributed by atoms with Crippen LogP contribution in [-0.4, -0.2) is 64.8 Å². The standard InChI is InChI=1S/C19H21IN8O2S3/c1-2-17-24-25-18(32-17)26-33(29,30)14-5-3-13(4-6-14)23-19(31)28-9-7-27(8-10-28)16-11-15(20)21-12-22-16/h3-6,11-12H,2,7-10H2,1H3,(H,23,31)(H,25,26). The monoisotopic (exact) mass is 616 g/mol. The smallest absolute Gasteiger partial charge is 0.263 e. The van der Waals surface area contributed by atoms with Crippen molar-refractivity contribution in [2.45, 2.75) is 18.2 Å². The Hall–Kier alpha value is -2.17. The zero-order valence-electron chi connectivity index (χ0n) is 17.6. The van der Waals surface area contributed by atoms with Crippen molar-refractivity contribution in [3.63, 3.8) is 0 Å². The summed E-state index contributed by atoms with van der Waals surface area (Å²) in [5.41, 5.74) is 0.718. The number of thiocarbonyl (C=S) groups is 1. The molecule has 3 aromatic rings. The Kier molecular flexibility index (Phi) is 7.55. The van der Waals surface area contributed by atoms with Gasteiger partial charge in [-0.1, -0.05) is 18.3 Å². The van der Waals surface area contributed by atoms with E-state index in [4.69, 9.17) is 12.2 Å². The lowest BCUT2D eigenvalue weighted by molar-refractivity contribution is 0.389. The van der Waals surface area contributed by atoms with Gasteiger partial charge in [-0.05, 0) is 65.5 Å². The molecule has 0 atom stereocenters. The molecular formula is C19H21IN8O2S3. The van der Waals surface area contributed by atoms with Gasteiger partial charge in [-0.25, -0.2) is 18.4 Å². The van der Waals surface area contributed by atoms with Crippen LogP contribution in [0.5, 0.6) is 0 Å². The molecule has 1 aliphatic rings. The highest BCUT2D eigenvalue weighted by Crippen LogP contribution is 2.22. The summed E-state index contributed by atoms with van der Waals surface area (Å²) in [6.07, 6.45) is 2.28. The number of halogens is 1. The van der Waals surface area contributed by atoms with Crippen molar-refractivity contribution in [3.8, 4) is 0 Å². The van der Waals surface area contributed by atoms with E-state index in [0.717, 1.165) is 46.4 Å². The first-order valence-electron chi connectivity index (χ1n) is 10.1. The number of benzene rings is 1. The number of sulfonamides is 1. The van der Waals surface area contributed by atoms with E-state index in [2.05, 4.69) is 62.6 Å². The minimum atomic E-state index is -3.74. The Bertz CT molecular complexity index is 1230. The first-order valence-corrected chi connectivity index (χ1v) is 13.9. The predicted molar refractivity (Wildman–Crippen MR) is 141 cm³/mol. The van der Waals surface area contributed by atoms with Crippen molar-refractivity contribution in [2.75, 3.05) is 41.1 Å². The van der Waals surface area contributed by atoms with E-state index in [0.29, 0.717) is 11.5 Å². The molecule has 1 saturated heterocycles. The molecule has 0 spiro atoms. The second kappa shape index (κ2) is 10.4. The van der Waals surface area contributed by atoms with E-state index >= 15 is 0 Å². The summed E-state index contributed by atoms with van der Waals surface area (Å²) in [4.78, 5) is 12.9. The number of aromatic nitrogens is 4. The van der Waals surface area contributed by atoms with Crippen molar-refractivity contribution >= 4 is 77.9 Å². The van der Waals surface area contributed by atoms with Gasteiger partial charge in [0.2, 0.25) is 5.13 Å². The van der Waals surface area contributed by atoms with Crippen LogP contribution in [0.2, 0.25) is 0 Å². The lowest BCUT2D eigenvalue weighted by Crippen LogP contribution is -2.50. The van der Waals surface area contributed by atoms with Crippen LogP contribution in [0, 0.1) is 3.70 Å². The number of anilines is 3. The molecule has 1 fully saturated rings. The lowest BCUT2D eigenvalue weighted by Gasteiger charge is -2.36. The zero-order chi connectivity index (χ0) is 23.4. The number of piperazine rings is 1. The molecule has 0 bridgehead atoms. The SMILES string of the molecule is CCc1nnc(NS(=O)(=O)c2ccc(NC(=S)N3CCN(c4cc(I)ncn4)CC3)cc2)s1. The molecule has 4 rings (SSSR count). The van der Waals surface area contributed by atoms with Gasteiger partial charge in [0.05, 0.1) is 4.90 Å². The molecule has 10 nitrogen and oxygen atoms in total. The molecule has 0 radical (unpaired) electrons. The average Bonchev–Trinajstić information content (AvgIpc) is 3.26. The normalized spacial score (nSPS) is 14.2.